The summed E-state index contributed by atoms with van der Waals surface area (Å²) in [5.74, 6) is 0.417. The first-order valence-electron chi connectivity index (χ1n) is 7.73. The summed E-state index contributed by atoms with van der Waals surface area (Å²) < 4.78 is 10.4. The number of nitrogens with one attached hydrogen (secondary N) is 2. The van der Waals surface area contributed by atoms with Crippen LogP contribution in [-0.2, 0) is 4.74 Å². The van der Waals surface area contributed by atoms with E-state index in [9.17, 15) is 9.59 Å². The van der Waals surface area contributed by atoms with Crippen LogP contribution < -0.4 is 15.4 Å². The van der Waals surface area contributed by atoms with E-state index in [1.54, 1.807) is 24.3 Å². The summed E-state index contributed by atoms with van der Waals surface area (Å²) in [5.41, 5.74) is 0.743. The molecule has 0 heterocycles. The van der Waals surface area contributed by atoms with Crippen LogP contribution in [0.4, 0.5) is 9.59 Å². The maximum atomic E-state index is 11.6. The Morgan fingerprint density at radius 3 is 2.17 bits per heavy atom. The lowest BCUT2D eigenvalue weighted by Crippen LogP contribution is -2.27. The molecule has 6 heteroatoms. The van der Waals surface area contributed by atoms with Crippen molar-refractivity contribution in [1.82, 2.24) is 10.6 Å². The van der Waals surface area contributed by atoms with Crippen molar-refractivity contribution < 1.29 is 19.1 Å². The van der Waals surface area contributed by atoms with Gasteiger partial charge in [0.1, 0.15) is 11.9 Å². The molecule has 0 aliphatic heterocycles. The maximum Gasteiger partial charge on any atom is 0.412 e. The van der Waals surface area contributed by atoms with Gasteiger partial charge in [0.15, 0.2) is 0 Å². The van der Waals surface area contributed by atoms with Crippen LogP contribution in [0, 0.1) is 0 Å². The average molecular weight is 320 g/mol. The predicted molar refractivity (Wildman–Crippen MR) is 88.5 cm³/mol. The van der Waals surface area contributed by atoms with Gasteiger partial charge in [-0.15, -0.1) is 0 Å². The van der Waals surface area contributed by atoms with Crippen molar-refractivity contribution in [2.75, 3.05) is 13.1 Å². The number of hydrogen-bond donors (Lipinski definition) is 2. The van der Waals surface area contributed by atoms with Crippen LogP contribution in [0.1, 0.15) is 38.4 Å². The summed E-state index contributed by atoms with van der Waals surface area (Å²) in [5, 5.41) is 5.26. The minimum atomic E-state index is -0.560. The van der Waals surface area contributed by atoms with Gasteiger partial charge in [-0.05, 0) is 36.6 Å². The summed E-state index contributed by atoms with van der Waals surface area (Å²) in [4.78, 5) is 23.1. The second kappa shape index (κ2) is 10.3. The Bertz CT molecular complexity index is 514. The number of hydrogen-bond acceptors (Lipinski definition) is 4. The van der Waals surface area contributed by atoms with Crippen LogP contribution in [0.25, 0.3) is 0 Å². The van der Waals surface area contributed by atoms with Gasteiger partial charge >= 0.3 is 12.2 Å². The van der Waals surface area contributed by atoms with Crippen LogP contribution in [-0.4, -0.2) is 25.3 Å². The summed E-state index contributed by atoms with van der Waals surface area (Å²) in [6.45, 7) is 8.72. The van der Waals surface area contributed by atoms with Crippen molar-refractivity contribution in [1.29, 1.82) is 0 Å². The maximum absolute atomic E-state index is 11.6. The summed E-state index contributed by atoms with van der Waals surface area (Å²) in [7, 11) is 0. The topological polar surface area (TPSA) is 76.7 Å². The number of amides is 2. The number of ether oxygens (including phenoxy) is 2. The lowest BCUT2D eigenvalue weighted by molar-refractivity contribution is 0.120. The highest BCUT2D eigenvalue weighted by molar-refractivity contribution is 5.70. The Morgan fingerprint density at radius 2 is 1.65 bits per heavy atom. The van der Waals surface area contributed by atoms with Gasteiger partial charge in [0.25, 0.3) is 0 Å². The third-order valence-electron chi connectivity index (χ3n) is 2.91. The second-order valence-electron chi connectivity index (χ2n) is 4.87. The zero-order valence-corrected chi connectivity index (χ0v) is 13.6. The van der Waals surface area contributed by atoms with E-state index in [0.717, 1.165) is 18.4 Å². The van der Waals surface area contributed by atoms with Crippen LogP contribution >= 0.6 is 0 Å². The van der Waals surface area contributed by atoms with Gasteiger partial charge in [-0.2, -0.15) is 0 Å². The zero-order valence-electron chi connectivity index (χ0n) is 13.6. The first-order valence-corrected chi connectivity index (χ1v) is 7.73. The quantitative estimate of drug-likeness (QED) is 0.718. The molecule has 126 valence electrons. The zero-order chi connectivity index (χ0) is 17.1. The van der Waals surface area contributed by atoms with Crippen molar-refractivity contribution in [3.63, 3.8) is 0 Å². The largest absolute Gasteiger partial charge is 0.437 e. The van der Waals surface area contributed by atoms with Crippen LogP contribution in [0.15, 0.2) is 36.9 Å². The molecule has 0 saturated heterocycles. The second-order valence-corrected chi connectivity index (χ2v) is 4.87. The van der Waals surface area contributed by atoms with E-state index in [-0.39, 0.29) is 0 Å². The highest BCUT2D eigenvalue weighted by Gasteiger charge is 2.13. The van der Waals surface area contributed by atoms with Crippen LogP contribution in [0.2, 0.25) is 0 Å². The number of carbonyl (C=O) groups excluding carboxylic acids is 2. The first-order chi connectivity index (χ1) is 11.1. The van der Waals surface area contributed by atoms with Crippen LogP contribution in [0.5, 0.6) is 5.75 Å². The Labute approximate surface area is 136 Å². The molecule has 0 aliphatic rings. The molecule has 0 saturated carbocycles. The van der Waals surface area contributed by atoms with E-state index < -0.39 is 18.3 Å². The van der Waals surface area contributed by atoms with E-state index in [4.69, 9.17) is 9.47 Å². The minimum absolute atomic E-state index is 0.417. The van der Waals surface area contributed by atoms with Gasteiger partial charge < -0.3 is 20.1 Å². The lowest BCUT2D eigenvalue weighted by atomic mass is 10.1. The van der Waals surface area contributed by atoms with E-state index in [0.29, 0.717) is 18.8 Å². The Morgan fingerprint density at radius 1 is 1.09 bits per heavy atom. The van der Waals surface area contributed by atoms with Gasteiger partial charge in [0, 0.05) is 13.1 Å². The molecule has 0 radical (unpaired) electrons. The smallest absolute Gasteiger partial charge is 0.412 e. The van der Waals surface area contributed by atoms with Crippen molar-refractivity contribution in [2.45, 2.75) is 32.8 Å². The van der Waals surface area contributed by atoms with Crippen molar-refractivity contribution in [3.05, 3.63) is 42.5 Å². The van der Waals surface area contributed by atoms with E-state index >= 15 is 0 Å². The molecule has 0 bridgehead atoms. The van der Waals surface area contributed by atoms with Gasteiger partial charge in [-0.1, -0.05) is 32.6 Å². The molecule has 0 fully saturated rings. The first kappa shape index (κ1) is 18.5. The van der Waals surface area contributed by atoms with E-state index in [1.165, 1.54) is 6.08 Å². The molecule has 23 heavy (non-hydrogen) atoms. The SMILES string of the molecule is C=C[C@H](OC(=O)NCCC)c1ccc(OC(=O)NCCC)cc1. The summed E-state index contributed by atoms with van der Waals surface area (Å²) in [6, 6.07) is 6.74. The fraction of sp³-hybridized carbons (Fsp3) is 0.412. The van der Waals surface area contributed by atoms with Crippen molar-refractivity contribution >= 4 is 12.2 Å². The Balaban J connectivity index is 2.60. The fourth-order valence-corrected chi connectivity index (χ4v) is 1.73. The van der Waals surface area contributed by atoms with E-state index in [2.05, 4.69) is 17.2 Å². The third-order valence-corrected chi connectivity index (χ3v) is 2.91. The number of benzene rings is 1. The lowest BCUT2D eigenvalue weighted by Gasteiger charge is -2.15. The average Bonchev–Trinajstić information content (AvgIpc) is 2.56. The molecule has 2 N–H and O–H groups in total. The Hall–Kier alpha value is -2.50. The van der Waals surface area contributed by atoms with Crippen molar-refractivity contribution in [2.24, 2.45) is 0 Å². The summed E-state index contributed by atoms with van der Waals surface area (Å²) in [6.07, 6.45) is 1.67. The predicted octanol–water partition coefficient (Wildman–Crippen LogP) is 3.55. The molecule has 0 aromatic heterocycles. The van der Waals surface area contributed by atoms with Gasteiger partial charge in [-0.3, -0.25) is 0 Å². The van der Waals surface area contributed by atoms with Crippen LogP contribution in [0.3, 0.4) is 0 Å². The number of carbonyl (C=O) groups is 2. The van der Waals surface area contributed by atoms with Gasteiger partial charge in [0.05, 0.1) is 0 Å². The molecule has 1 aromatic carbocycles. The molecule has 0 aliphatic carbocycles. The molecule has 1 rings (SSSR count). The van der Waals surface area contributed by atoms with Crippen molar-refractivity contribution in [3.8, 4) is 5.75 Å². The number of alkyl carbamates (subject to hydrolysis) is 1. The molecule has 1 aromatic rings. The highest BCUT2D eigenvalue weighted by Crippen LogP contribution is 2.22. The third kappa shape index (κ3) is 6.86. The fourth-order valence-electron chi connectivity index (χ4n) is 1.73. The Kier molecular flexibility index (Phi) is 8.28. The highest BCUT2D eigenvalue weighted by atomic mass is 16.6. The summed E-state index contributed by atoms with van der Waals surface area (Å²) >= 11 is 0. The normalized spacial score (nSPS) is 11.2. The minimum Gasteiger partial charge on any atom is -0.437 e. The van der Waals surface area contributed by atoms with E-state index in [1.807, 2.05) is 13.8 Å². The number of rotatable bonds is 8. The molecule has 0 spiro atoms. The molecule has 2 amide bonds. The molecule has 0 unspecified atom stereocenters. The monoisotopic (exact) mass is 320 g/mol. The van der Waals surface area contributed by atoms with Gasteiger partial charge in [-0.25, -0.2) is 9.59 Å². The molecular weight excluding hydrogens is 296 g/mol. The molecular formula is C17H24N2O4. The molecule has 1 atom stereocenters. The standard InChI is InChI=1S/C17H24N2O4/c1-4-11-18-16(20)22-14-9-7-13(8-10-14)15(6-3)23-17(21)19-12-5-2/h6-10,15H,3-5,11-12H2,1-2H3,(H,18,20)(H,19,21)/t15-/m0/s1. The van der Waals surface area contributed by atoms with Gasteiger partial charge in [0.2, 0.25) is 0 Å². The molecule has 6 nitrogen and oxygen atoms in total.